The van der Waals surface area contributed by atoms with Crippen LogP contribution < -0.4 is 4.74 Å². The Bertz CT molecular complexity index is 581. The average Bonchev–Trinajstić information content (AvgIpc) is 2.32. The zero-order valence-corrected chi connectivity index (χ0v) is 12.1. The fourth-order valence-corrected chi connectivity index (χ4v) is 2.07. The van der Waals surface area contributed by atoms with Crippen LogP contribution >= 0.6 is 0 Å². The molecule has 0 unspecified atom stereocenters. The molecule has 4 nitrogen and oxygen atoms in total. The second kappa shape index (κ2) is 6.61. The van der Waals surface area contributed by atoms with E-state index >= 15 is 0 Å². The molecule has 0 aliphatic rings. The molecular formula is C12H14F4O4S. The van der Waals surface area contributed by atoms with E-state index in [0.29, 0.717) is 5.56 Å². The van der Waals surface area contributed by atoms with Gasteiger partial charge >= 0.3 is 16.6 Å². The highest BCUT2D eigenvalue weighted by molar-refractivity contribution is 7.86. The van der Waals surface area contributed by atoms with Crippen LogP contribution in [0.1, 0.15) is 25.3 Å². The molecule has 0 radical (unpaired) electrons. The van der Waals surface area contributed by atoms with E-state index in [0.717, 1.165) is 12.1 Å². The number of ether oxygens (including phenoxy) is 2. The van der Waals surface area contributed by atoms with Crippen LogP contribution in [0.2, 0.25) is 0 Å². The summed E-state index contributed by atoms with van der Waals surface area (Å²) in [6, 6.07) is 3.29. The standard InChI is InChI=1S/C12H14F4O4S/c1-8(2)10-7-9(21(16,17)18)3-4-11(10)19-5-6-20-12(13,14)15/h3-4,7-8H,5-6H2,1-2H3. The molecule has 1 aromatic rings. The Morgan fingerprint density at radius 3 is 2.29 bits per heavy atom. The van der Waals surface area contributed by atoms with Gasteiger partial charge < -0.3 is 4.74 Å². The second-order valence-electron chi connectivity index (χ2n) is 4.43. The van der Waals surface area contributed by atoms with Gasteiger partial charge in [-0.05, 0) is 29.7 Å². The third-order valence-electron chi connectivity index (χ3n) is 2.49. The predicted octanol–water partition coefficient (Wildman–Crippen LogP) is 3.38. The largest absolute Gasteiger partial charge is 0.522 e. The van der Waals surface area contributed by atoms with Crippen molar-refractivity contribution in [1.82, 2.24) is 0 Å². The second-order valence-corrected chi connectivity index (χ2v) is 5.78. The quantitative estimate of drug-likeness (QED) is 0.456. The minimum absolute atomic E-state index is 0.183. The summed E-state index contributed by atoms with van der Waals surface area (Å²) in [5.74, 6) is -0.0200. The molecular weight excluding hydrogens is 316 g/mol. The van der Waals surface area contributed by atoms with E-state index in [1.54, 1.807) is 13.8 Å². The highest BCUT2D eigenvalue weighted by Gasteiger charge is 2.28. The van der Waals surface area contributed by atoms with Gasteiger partial charge in [-0.1, -0.05) is 13.8 Å². The van der Waals surface area contributed by atoms with Crippen LogP contribution in [0.25, 0.3) is 0 Å². The summed E-state index contributed by atoms with van der Waals surface area (Å²) in [5, 5.41) is 0. The summed E-state index contributed by atoms with van der Waals surface area (Å²) in [5.41, 5.74) is 0.376. The number of benzene rings is 1. The van der Waals surface area contributed by atoms with Gasteiger partial charge in [0.05, 0.1) is 11.5 Å². The minimum Gasteiger partial charge on any atom is -0.491 e. The molecule has 0 fully saturated rings. The van der Waals surface area contributed by atoms with Gasteiger partial charge in [0.15, 0.2) is 0 Å². The van der Waals surface area contributed by atoms with Gasteiger partial charge in [0.1, 0.15) is 12.4 Å². The Hall–Kier alpha value is -1.35. The summed E-state index contributed by atoms with van der Waals surface area (Å²) in [6.07, 6.45) is -4.74. The highest BCUT2D eigenvalue weighted by atomic mass is 32.3. The predicted molar refractivity (Wildman–Crippen MR) is 66.3 cm³/mol. The molecule has 0 heterocycles. The molecule has 0 saturated carbocycles. The van der Waals surface area contributed by atoms with E-state index in [-0.39, 0.29) is 18.3 Å². The van der Waals surface area contributed by atoms with Crippen LogP contribution in [0.15, 0.2) is 23.1 Å². The normalized spacial score (nSPS) is 12.7. The first-order valence-corrected chi connectivity index (χ1v) is 7.31. The zero-order chi connectivity index (χ0) is 16.3. The van der Waals surface area contributed by atoms with E-state index < -0.39 is 28.1 Å². The molecule has 1 aromatic carbocycles. The Morgan fingerprint density at radius 1 is 1.19 bits per heavy atom. The number of hydrogen-bond donors (Lipinski definition) is 0. The van der Waals surface area contributed by atoms with Gasteiger partial charge in [-0.3, -0.25) is 4.74 Å². The van der Waals surface area contributed by atoms with Crippen LogP contribution in [0, 0.1) is 0 Å². The first-order chi connectivity index (χ1) is 9.50. The lowest BCUT2D eigenvalue weighted by Crippen LogP contribution is -2.18. The van der Waals surface area contributed by atoms with Crippen LogP contribution in [-0.2, 0) is 15.0 Å². The number of hydrogen-bond acceptors (Lipinski definition) is 4. The Kier molecular flexibility index (Phi) is 5.57. The summed E-state index contributed by atoms with van der Waals surface area (Å²) in [6.45, 7) is 2.34. The molecule has 0 aliphatic heterocycles. The molecule has 21 heavy (non-hydrogen) atoms. The van der Waals surface area contributed by atoms with Crippen molar-refractivity contribution in [2.75, 3.05) is 13.2 Å². The number of rotatable bonds is 6. The average molecular weight is 330 g/mol. The van der Waals surface area contributed by atoms with Crippen molar-refractivity contribution in [2.45, 2.75) is 31.0 Å². The number of halogens is 4. The van der Waals surface area contributed by atoms with Gasteiger partial charge in [0.25, 0.3) is 0 Å². The van der Waals surface area contributed by atoms with Crippen molar-refractivity contribution < 1.29 is 34.9 Å². The van der Waals surface area contributed by atoms with E-state index in [4.69, 9.17) is 4.74 Å². The first kappa shape index (κ1) is 17.7. The molecule has 0 bridgehead atoms. The Morgan fingerprint density at radius 2 is 1.81 bits per heavy atom. The Labute approximate surface area is 119 Å². The Balaban J connectivity index is 2.83. The summed E-state index contributed by atoms with van der Waals surface area (Å²) >= 11 is 0. The summed E-state index contributed by atoms with van der Waals surface area (Å²) in [7, 11) is -4.85. The zero-order valence-electron chi connectivity index (χ0n) is 11.3. The maximum absolute atomic E-state index is 12.9. The van der Waals surface area contributed by atoms with Crippen molar-refractivity contribution in [3.05, 3.63) is 23.8 Å². The highest BCUT2D eigenvalue weighted by Crippen LogP contribution is 2.30. The lowest BCUT2D eigenvalue weighted by molar-refractivity contribution is -0.325. The summed E-state index contributed by atoms with van der Waals surface area (Å²) in [4.78, 5) is -0.523. The van der Waals surface area contributed by atoms with E-state index in [2.05, 4.69) is 4.74 Å². The molecule has 0 aromatic heterocycles. The van der Waals surface area contributed by atoms with Crippen molar-refractivity contribution in [1.29, 1.82) is 0 Å². The molecule has 0 atom stereocenters. The molecule has 9 heteroatoms. The molecule has 0 aliphatic carbocycles. The molecule has 0 amide bonds. The molecule has 1 rings (SSSR count). The maximum Gasteiger partial charge on any atom is 0.522 e. The smallest absolute Gasteiger partial charge is 0.491 e. The third-order valence-corrected chi connectivity index (χ3v) is 3.31. The summed E-state index contributed by atoms with van der Waals surface area (Å²) < 4.78 is 78.6. The van der Waals surface area contributed by atoms with Gasteiger partial charge in [-0.25, -0.2) is 0 Å². The van der Waals surface area contributed by atoms with Crippen LogP contribution in [-0.4, -0.2) is 28.0 Å². The molecule has 0 N–H and O–H groups in total. The van der Waals surface area contributed by atoms with Crippen molar-refractivity contribution in [3.63, 3.8) is 0 Å². The maximum atomic E-state index is 12.9. The lowest BCUT2D eigenvalue weighted by atomic mass is 10.0. The molecule has 120 valence electrons. The van der Waals surface area contributed by atoms with Crippen molar-refractivity contribution in [2.24, 2.45) is 0 Å². The van der Waals surface area contributed by atoms with Crippen molar-refractivity contribution >= 4 is 10.2 Å². The molecule has 0 spiro atoms. The van der Waals surface area contributed by atoms with Gasteiger partial charge in [0.2, 0.25) is 0 Å². The lowest BCUT2D eigenvalue weighted by Gasteiger charge is -2.15. The van der Waals surface area contributed by atoms with E-state index in [9.17, 15) is 25.5 Å². The van der Waals surface area contributed by atoms with Gasteiger partial charge in [-0.15, -0.1) is 17.1 Å². The van der Waals surface area contributed by atoms with E-state index in [1.165, 1.54) is 6.07 Å². The van der Waals surface area contributed by atoms with Crippen LogP contribution in [0.5, 0.6) is 5.75 Å². The topological polar surface area (TPSA) is 52.6 Å². The van der Waals surface area contributed by atoms with E-state index in [1.807, 2.05) is 0 Å². The first-order valence-electron chi connectivity index (χ1n) is 5.93. The fraction of sp³-hybridized carbons (Fsp3) is 0.500. The fourth-order valence-electron chi connectivity index (χ4n) is 1.57. The third kappa shape index (κ3) is 5.88. The van der Waals surface area contributed by atoms with Gasteiger partial charge in [0, 0.05) is 0 Å². The van der Waals surface area contributed by atoms with Crippen molar-refractivity contribution in [3.8, 4) is 5.75 Å². The van der Waals surface area contributed by atoms with Crippen LogP contribution in [0.3, 0.4) is 0 Å². The number of alkyl halides is 3. The van der Waals surface area contributed by atoms with Crippen LogP contribution in [0.4, 0.5) is 17.1 Å². The molecule has 0 saturated heterocycles. The monoisotopic (exact) mass is 330 g/mol. The minimum atomic E-state index is -4.85. The van der Waals surface area contributed by atoms with Gasteiger partial charge in [-0.2, -0.15) is 8.42 Å². The SMILES string of the molecule is CC(C)c1cc(S(=O)(=O)F)ccc1OCCOC(F)(F)F.